The van der Waals surface area contributed by atoms with Crippen LogP contribution in [0.2, 0.25) is 0 Å². The van der Waals surface area contributed by atoms with E-state index in [2.05, 4.69) is 16.7 Å². The Hall–Kier alpha value is -3.31. The highest BCUT2D eigenvalue weighted by atomic mass is 16.5. The predicted octanol–water partition coefficient (Wildman–Crippen LogP) is 5.02. The van der Waals surface area contributed by atoms with Crippen LogP contribution >= 0.6 is 0 Å². The minimum absolute atomic E-state index is 0.529. The van der Waals surface area contributed by atoms with Crippen LogP contribution in [-0.2, 0) is 11.3 Å². The fourth-order valence-corrected chi connectivity index (χ4v) is 3.69. The van der Waals surface area contributed by atoms with E-state index in [1.807, 2.05) is 61.5 Å². The number of furan rings is 1. The van der Waals surface area contributed by atoms with Gasteiger partial charge in [-0.05, 0) is 18.2 Å². The summed E-state index contributed by atoms with van der Waals surface area (Å²) in [7, 11) is 0. The van der Waals surface area contributed by atoms with Crippen molar-refractivity contribution >= 4 is 33.0 Å². The van der Waals surface area contributed by atoms with Crippen LogP contribution in [0, 0.1) is 6.92 Å². The lowest BCUT2D eigenvalue weighted by molar-refractivity contribution is -0.684. The van der Waals surface area contributed by atoms with Crippen LogP contribution in [0.3, 0.4) is 0 Å². The van der Waals surface area contributed by atoms with Gasteiger partial charge in [0.25, 0.3) is 5.52 Å². The molecule has 0 saturated carbocycles. The van der Waals surface area contributed by atoms with Crippen LogP contribution in [0.25, 0.3) is 33.0 Å². The molecule has 0 amide bonds. The normalized spacial score (nSPS) is 11.6. The molecule has 2 aromatic heterocycles. The zero-order valence-electron chi connectivity index (χ0n) is 16.3. The summed E-state index contributed by atoms with van der Waals surface area (Å²) in [5.41, 5.74) is 3.60. The van der Waals surface area contributed by atoms with Crippen LogP contribution in [0.4, 0.5) is 0 Å². The molecule has 0 aliphatic carbocycles. The van der Waals surface area contributed by atoms with Crippen molar-refractivity contribution in [1.82, 2.24) is 0 Å². The van der Waals surface area contributed by atoms with E-state index in [1.165, 1.54) is 0 Å². The van der Waals surface area contributed by atoms with E-state index in [0.29, 0.717) is 26.4 Å². The number of fused-ring (bicyclic) bond motifs is 4. The number of hydrogen-bond acceptors (Lipinski definition) is 4. The van der Waals surface area contributed by atoms with E-state index in [0.717, 1.165) is 44.7 Å². The third-order valence-electron chi connectivity index (χ3n) is 5.09. The van der Waals surface area contributed by atoms with E-state index in [1.54, 1.807) is 0 Å². The summed E-state index contributed by atoms with van der Waals surface area (Å²) in [6, 6.07) is 22.0. The highest BCUT2D eigenvalue weighted by molar-refractivity contribution is 6.08. The van der Waals surface area contributed by atoms with Gasteiger partial charge in [-0.2, -0.15) is 4.57 Å². The van der Waals surface area contributed by atoms with Crippen molar-refractivity contribution in [3.63, 3.8) is 0 Å². The van der Waals surface area contributed by atoms with Crippen molar-refractivity contribution in [2.24, 2.45) is 0 Å². The summed E-state index contributed by atoms with van der Waals surface area (Å²) in [6.45, 7) is 4.34. The van der Waals surface area contributed by atoms with E-state index in [-0.39, 0.29) is 0 Å². The molecule has 29 heavy (non-hydrogen) atoms. The highest BCUT2D eigenvalue weighted by Gasteiger charge is 2.21. The third-order valence-corrected chi connectivity index (χ3v) is 5.09. The minimum atomic E-state index is 0.529. The van der Waals surface area contributed by atoms with Gasteiger partial charge in [0.2, 0.25) is 5.58 Å². The molecule has 0 N–H and O–H groups in total. The lowest BCUT2D eigenvalue weighted by atomic mass is 10.1. The van der Waals surface area contributed by atoms with Gasteiger partial charge in [0.05, 0.1) is 13.5 Å². The largest absolute Gasteiger partial charge is 0.491 e. The molecule has 3 aromatic carbocycles. The molecule has 0 unspecified atom stereocenters. The quantitative estimate of drug-likeness (QED) is 0.290. The average molecular weight is 388 g/mol. The average Bonchev–Trinajstić information content (AvgIpc) is 3.25. The van der Waals surface area contributed by atoms with Gasteiger partial charge in [-0.1, -0.05) is 36.4 Å². The molecular formula is C24H22NO4+. The summed E-state index contributed by atoms with van der Waals surface area (Å²) >= 11 is 0. The standard InChI is InChI=1S/C24H22NO4/c1-17-25(11-12-26-13-14-27-18-7-3-2-4-8-18)21-15-20-19-9-5-6-10-22(19)29-23(20)16-24(21)28-17/h2-10,15-16H,11-14H2,1H3/q+1. The molecule has 146 valence electrons. The molecule has 0 aliphatic rings. The van der Waals surface area contributed by atoms with Crippen LogP contribution in [0.15, 0.2) is 75.6 Å². The van der Waals surface area contributed by atoms with Crippen molar-refractivity contribution in [2.75, 3.05) is 19.8 Å². The third kappa shape index (κ3) is 3.45. The van der Waals surface area contributed by atoms with Gasteiger partial charge in [-0.15, -0.1) is 0 Å². The van der Waals surface area contributed by atoms with Crippen molar-refractivity contribution in [2.45, 2.75) is 13.5 Å². The number of oxazole rings is 1. The van der Waals surface area contributed by atoms with Gasteiger partial charge < -0.3 is 18.3 Å². The first kappa shape index (κ1) is 17.8. The molecule has 0 spiro atoms. The Labute approximate surface area is 168 Å². The van der Waals surface area contributed by atoms with Gasteiger partial charge in [-0.3, -0.25) is 0 Å². The van der Waals surface area contributed by atoms with Crippen molar-refractivity contribution < 1.29 is 22.9 Å². The molecule has 0 fully saturated rings. The maximum atomic E-state index is 5.96. The summed E-state index contributed by atoms with van der Waals surface area (Å²) in [6.07, 6.45) is 0. The molecule has 5 aromatic rings. The lowest BCUT2D eigenvalue weighted by Gasteiger charge is -2.05. The lowest BCUT2D eigenvalue weighted by Crippen LogP contribution is -2.37. The second kappa shape index (κ2) is 7.60. The monoisotopic (exact) mass is 388 g/mol. The number of nitrogens with zero attached hydrogens (tertiary/aromatic N) is 1. The zero-order valence-corrected chi connectivity index (χ0v) is 16.3. The predicted molar refractivity (Wildman–Crippen MR) is 111 cm³/mol. The molecular weight excluding hydrogens is 366 g/mol. The molecule has 5 heteroatoms. The van der Waals surface area contributed by atoms with Gasteiger partial charge in [0.15, 0.2) is 6.54 Å². The minimum Gasteiger partial charge on any atom is -0.491 e. The first-order valence-corrected chi connectivity index (χ1v) is 9.79. The SMILES string of the molecule is Cc1oc2cc3oc4ccccc4c3cc2[n+]1CCOCCOc1ccccc1. The van der Waals surface area contributed by atoms with E-state index < -0.39 is 0 Å². The second-order valence-electron chi connectivity index (χ2n) is 6.96. The number of aromatic nitrogens is 1. The fraction of sp³-hybridized carbons (Fsp3) is 0.208. The molecule has 5 rings (SSSR count). The first-order chi connectivity index (χ1) is 14.3. The van der Waals surface area contributed by atoms with Gasteiger partial charge >= 0.3 is 5.89 Å². The summed E-state index contributed by atoms with van der Waals surface area (Å²) in [5.74, 6) is 1.71. The highest BCUT2D eigenvalue weighted by Crippen LogP contribution is 2.31. The van der Waals surface area contributed by atoms with Crippen LogP contribution in [-0.4, -0.2) is 19.8 Å². The molecule has 0 aliphatic heterocycles. The molecule has 0 saturated heterocycles. The van der Waals surface area contributed by atoms with Crippen molar-refractivity contribution in [1.29, 1.82) is 0 Å². The molecule has 2 heterocycles. The number of aryl methyl sites for hydroxylation is 1. The molecule has 0 radical (unpaired) electrons. The maximum absolute atomic E-state index is 5.96. The Morgan fingerprint density at radius 3 is 2.48 bits per heavy atom. The Balaban J connectivity index is 1.29. The number of para-hydroxylation sites is 2. The van der Waals surface area contributed by atoms with E-state index in [4.69, 9.17) is 18.3 Å². The fourth-order valence-electron chi connectivity index (χ4n) is 3.69. The number of rotatable bonds is 7. The van der Waals surface area contributed by atoms with Crippen molar-refractivity contribution in [3.05, 3.63) is 72.6 Å². The zero-order chi connectivity index (χ0) is 19.6. The van der Waals surface area contributed by atoms with Gasteiger partial charge in [0, 0.05) is 22.9 Å². The van der Waals surface area contributed by atoms with E-state index in [9.17, 15) is 0 Å². The number of ether oxygens (including phenoxy) is 2. The summed E-state index contributed by atoms with van der Waals surface area (Å²) < 4.78 is 25.5. The topological polar surface area (TPSA) is 48.6 Å². The summed E-state index contributed by atoms with van der Waals surface area (Å²) in [4.78, 5) is 0. The Morgan fingerprint density at radius 2 is 1.59 bits per heavy atom. The van der Waals surface area contributed by atoms with Gasteiger partial charge in [-0.25, -0.2) is 0 Å². The van der Waals surface area contributed by atoms with Crippen LogP contribution in [0.1, 0.15) is 5.89 Å². The van der Waals surface area contributed by atoms with Crippen LogP contribution in [0.5, 0.6) is 5.75 Å². The molecule has 0 bridgehead atoms. The molecule has 5 nitrogen and oxygen atoms in total. The molecule has 0 atom stereocenters. The number of benzene rings is 3. The Kier molecular flexibility index (Phi) is 4.66. The van der Waals surface area contributed by atoms with Crippen LogP contribution < -0.4 is 9.30 Å². The Bertz CT molecular complexity index is 1270. The smallest absolute Gasteiger partial charge is 0.344 e. The summed E-state index contributed by atoms with van der Waals surface area (Å²) in [5, 5.41) is 2.21. The second-order valence-corrected chi connectivity index (χ2v) is 6.96. The van der Waals surface area contributed by atoms with E-state index >= 15 is 0 Å². The van der Waals surface area contributed by atoms with Gasteiger partial charge in [0.1, 0.15) is 30.1 Å². The first-order valence-electron chi connectivity index (χ1n) is 9.79. The Morgan fingerprint density at radius 1 is 0.759 bits per heavy atom. The van der Waals surface area contributed by atoms with Crippen molar-refractivity contribution in [3.8, 4) is 5.75 Å². The number of hydrogen-bond donors (Lipinski definition) is 0. The maximum Gasteiger partial charge on any atom is 0.344 e.